The summed E-state index contributed by atoms with van der Waals surface area (Å²) in [6.07, 6.45) is -6.29. The van der Waals surface area contributed by atoms with Crippen LogP contribution in [0, 0.1) is 13.8 Å². The second-order valence-corrected chi connectivity index (χ2v) is 4.97. The van der Waals surface area contributed by atoms with Crippen LogP contribution in [-0.4, -0.2) is 20.8 Å². The van der Waals surface area contributed by atoms with E-state index in [0.717, 1.165) is 0 Å². The summed E-state index contributed by atoms with van der Waals surface area (Å²) in [7, 11) is 0. The summed E-state index contributed by atoms with van der Waals surface area (Å²) in [6, 6.07) is 0. The number of hydrogen-bond donors (Lipinski definition) is 1. The first-order chi connectivity index (χ1) is 10.7. The fourth-order valence-electron chi connectivity index (χ4n) is 1.92. The minimum Gasteiger partial charge on any atom is -0.359 e. The number of anilines is 1. The Labute approximate surface area is 132 Å². The number of carbonyl (C=O) groups excluding carboxylic acids is 1. The molecule has 0 aliphatic heterocycles. The maximum Gasteiger partial charge on any atom is 0.283 e. The van der Waals surface area contributed by atoms with Gasteiger partial charge >= 0.3 is 0 Å². The molecule has 0 saturated carbocycles. The van der Waals surface area contributed by atoms with Crippen molar-refractivity contribution in [2.24, 2.45) is 0 Å². The molecular formula is C12H11ClF4N4O2. The number of halogens is 5. The highest BCUT2D eigenvalue weighted by atomic mass is 35.5. The maximum atomic E-state index is 13.0. The summed E-state index contributed by atoms with van der Waals surface area (Å²) in [5.41, 5.74) is -1.26. The predicted octanol–water partition coefficient (Wildman–Crippen LogP) is 3.66. The first-order valence-electron chi connectivity index (χ1n) is 6.27. The normalized spacial score (nSPS) is 11.5. The van der Waals surface area contributed by atoms with E-state index in [9.17, 15) is 22.4 Å². The molecule has 0 bridgehead atoms. The fraction of sp³-hybridized carbons (Fsp3) is 0.417. The van der Waals surface area contributed by atoms with Crippen molar-refractivity contribution in [3.8, 4) is 0 Å². The molecule has 0 spiro atoms. The van der Waals surface area contributed by atoms with E-state index in [-0.39, 0.29) is 5.69 Å². The standard InChI is InChI=1S/C12H11ClF4N4O2/c1-4-8(5(2)23-20-4)18-6(22)3-21-10(12(16)17)7(13)9(19-21)11(14)15/h11-12H,3H2,1-2H3,(H,18,22). The minimum absolute atomic E-state index is 0.279. The molecule has 0 fully saturated rings. The summed E-state index contributed by atoms with van der Waals surface area (Å²) in [4.78, 5) is 11.9. The van der Waals surface area contributed by atoms with Crippen LogP contribution in [0.25, 0.3) is 0 Å². The Hall–Kier alpha value is -2.10. The molecule has 6 nitrogen and oxygen atoms in total. The van der Waals surface area contributed by atoms with Crippen LogP contribution in [0.4, 0.5) is 23.2 Å². The smallest absolute Gasteiger partial charge is 0.283 e. The van der Waals surface area contributed by atoms with Gasteiger partial charge in [-0.2, -0.15) is 5.10 Å². The molecule has 2 aromatic heterocycles. The van der Waals surface area contributed by atoms with Crippen molar-refractivity contribution in [1.29, 1.82) is 0 Å². The van der Waals surface area contributed by atoms with E-state index in [0.29, 0.717) is 16.1 Å². The van der Waals surface area contributed by atoms with Gasteiger partial charge in [0, 0.05) is 0 Å². The van der Waals surface area contributed by atoms with Gasteiger partial charge < -0.3 is 9.84 Å². The molecule has 0 aliphatic carbocycles. The largest absolute Gasteiger partial charge is 0.359 e. The molecule has 0 saturated heterocycles. The van der Waals surface area contributed by atoms with Gasteiger partial charge in [-0.25, -0.2) is 17.6 Å². The van der Waals surface area contributed by atoms with Crippen LogP contribution in [0.3, 0.4) is 0 Å². The number of nitrogens with one attached hydrogen (secondary N) is 1. The fourth-order valence-corrected chi connectivity index (χ4v) is 2.22. The van der Waals surface area contributed by atoms with Gasteiger partial charge in [0.25, 0.3) is 12.9 Å². The number of aryl methyl sites for hydroxylation is 2. The summed E-state index contributed by atoms with van der Waals surface area (Å²) >= 11 is 5.50. The van der Waals surface area contributed by atoms with Gasteiger partial charge in [-0.05, 0) is 13.8 Å². The Morgan fingerprint density at radius 3 is 2.43 bits per heavy atom. The van der Waals surface area contributed by atoms with Crippen molar-refractivity contribution in [2.45, 2.75) is 33.2 Å². The third-order valence-electron chi connectivity index (χ3n) is 2.96. The van der Waals surface area contributed by atoms with Crippen LogP contribution in [0.15, 0.2) is 4.52 Å². The Kier molecular flexibility index (Phi) is 4.93. The molecular weight excluding hydrogens is 344 g/mol. The number of amides is 1. The van der Waals surface area contributed by atoms with Gasteiger partial charge in [-0.1, -0.05) is 16.8 Å². The SMILES string of the molecule is Cc1noc(C)c1NC(=O)Cn1nc(C(F)F)c(Cl)c1C(F)F. The number of nitrogens with zero attached hydrogens (tertiary/aromatic N) is 3. The third-order valence-corrected chi connectivity index (χ3v) is 3.35. The first kappa shape index (κ1) is 17.3. The topological polar surface area (TPSA) is 73.0 Å². The average molecular weight is 355 g/mol. The molecule has 2 aromatic rings. The van der Waals surface area contributed by atoms with Crippen LogP contribution in [0.5, 0.6) is 0 Å². The Balaban J connectivity index is 2.25. The molecule has 1 N–H and O–H groups in total. The summed E-state index contributed by atoms with van der Waals surface area (Å²) < 4.78 is 56.7. The number of hydrogen-bond acceptors (Lipinski definition) is 4. The summed E-state index contributed by atoms with van der Waals surface area (Å²) in [5.74, 6) is -0.446. The van der Waals surface area contributed by atoms with E-state index in [1.54, 1.807) is 13.8 Å². The van der Waals surface area contributed by atoms with Crippen LogP contribution in [0.1, 0.15) is 35.7 Å². The number of alkyl halides is 4. The lowest BCUT2D eigenvalue weighted by Crippen LogP contribution is -2.21. The highest BCUT2D eigenvalue weighted by Gasteiger charge is 2.28. The molecule has 126 valence electrons. The lowest BCUT2D eigenvalue weighted by molar-refractivity contribution is -0.117. The van der Waals surface area contributed by atoms with E-state index in [1.165, 1.54) is 0 Å². The van der Waals surface area contributed by atoms with Crippen molar-refractivity contribution in [2.75, 3.05) is 5.32 Å². The molecule has 0 atom stereocenters. The average Bonchev–Trinajstić information content (AvgIpc) is 2.93. The van der Waals surface area contributed by atoms with Gasteiger partial charge in [-0.15, -0.1) is 0 Å². The Morgan fingerprint density at radius 2 is 1.96 bits per heavy atom. The van der Waals surface area contributed by atoms with Gasteiger partial charge in [0.05, 0.1) is 5.02 Å². The van der Waals surface area contributed by atoms with E-state index in [4.69, 9.17) is 16.1 Å². The zero-order valence-corrected chi connectivity index (χ0v) is 12.7. The summed E-state index contributed by atoms with van der Waals surface area (Å²) in [5, 5.41) is 8.46. The van der Waals surface area contributed by atoms with Crippen LogP contribution in [0.2, 0.25) is 5.02 Å². The highest BCUT2D eigenvalue weighted by molar-refractivity contribution is 6.32. The zero-order valence-electron chi connectivity index (χ0n) is 11.9. The quantitative estimate of drug-likeness (QED) is 0.832. The highest BCUT2D eigenvalue weighted by Crippen LogP contribution is 2.34. The lowest BCUT2D eigenvalue weighted by Gasteiger charge is -2.08. The lowest BCUT2D eigenvalue weighted by atomic mass is 10.3. The number of carbonyl (C=O) groups is 1. The molecule has 0 unspecified atom stereocenters. The zero-order chi connectivity index (χ0) is 17.3. The third kappa shape index (κ3) is 3.46. The van der Waals surface area contributed by atoms with Crippen molar-refractivity contribution < 1.29 is 26.9 Å². The van der Waals surface area contributed by atoms with Crippen molar-refractivity contribution in [3.63, 3.8) is 0 Å². The van der Waals surface area contributed by atoms with E-state index in [2.05, 4.69) is 15.6 Å². The number of rotatable bonds is 5. The van der Waals surface area contributed by atoms with Gasteiger partial charge in [0.15, 0.2) is 5.76 Å². The predicted molar refractivity (Wildman–Crippen MR) is 71.8 cm³/mol. The van der Waals surface area contributed by atoms with Crippen LogP contribution >= 0.6 is 11.6 Å². The first-order valence-corrected chi connectivity index (χ1v) is 6.65. The van der Waals surface area contributed by atoms with Gasteiger partial charge in [-0.3, -0.25) is 9.48 Å². The molecule has 1 amide bonds. The molecule has 2 heterocycles. The second-order valence-electron chi connectivity index (χ2n) is 4.59. The van der Waals surface area contributed by atoms with Crippen molar-refractivity contribution in [3.05, 3.63) is 27.9 Å². The molecule has 2 rings (SSSR count). The summed E-state index contributed by atoms with van der Waals surface area (Å²) in [6.45, 7) is 2.40. The second kappa shape index (κ2) is 6.57. The Morgan fingerprint density at radius 1 is 1.30 bits per heavy atom. The molecule has 0 aliphatic rings. The van der Waals surface area contributed by atoms with Gasteiger partial charge in [0.2, 0.25) is 5.91 Å². The van der Waals surface area contributed by atoms with Gasteiger partial charge in [0.1, 0.15) is 29.3 Å². The van der Waals surface area contributed by atoms with E-state index in [1.807, 2.05) is 0 Å². The molecule has 0 radical (unpaired) electrons. The maximum absolute atomic E-state index is 13.0. The van der Waals surface area contributed by atoms with E-state index < -0.39 is 41.7 Å². The molecule has 0 aromatic carbocycles. The van der Waals surface area contributed by atoms with Crippen LogP contribution in [-0.2, 0) is 11.3 Å². The molecule has 11 heteroatoms. The number of aromatic nitrogens is 3. The molecule has 23 heavy (non-hydrogen) atoms. The van der Waals surface area contributed by atoms with Crippen LogP contribution < -0.4 is 5.32 Å². The monoisotopic (exact) mass is 354 g/mol. The van der Waals surface area contributed by atoms with Crippen molar-refractivity contribution in [1.82, 2.24) is 14.9 Å². The Bertz CT molecular complexity index is 709. The minimum atomic E-state index is -3.16. The van der Waals surface area contributed by atoms with Crippen molar-refractivity contribution >= 4 is 23.2 Å². The van der Waals surface area contributed by atoms with E-state index >= 15 is 0 Å².